The monoisotopic (exact) mass is 260 g/mol. The predicted octanol–water partition coefficient (Wildman–Crippen LogP) is 1.54. The Kier molecular flexibility index (Phi) is 3.53. The predicted molar refractivity (Wildman–Crippen MR) is 73.2 cm³/mol. The van der Waals surface area contributed by atoms with Crippen molar-refractivity contribution in [2.75, 3.05) is 39.4 Å². The van der Waals surface area contributed by atoms with E-state index in [2.05, 4.69) is 17.9 Å². The minimum atomic E-state index is 0.177. The van der Waals surface area contributed by atoms with Crippen LogP contribution in [0.1, 0.15) is 28.9 Å². The van der Waals surface area contributed by atoms with Crippen molar-refractivity contribution in [3.05, 3.63) is 35.4 Å². The molecule has 1 fully saturated rings. The molecule has 1 amide bonds. The van der Waals surface area contributed by atoms with E-state index < -0.39 is 0 Å². The third-order valence-electron chi connectivity index (χ3n) is 4.13. The smallest absolute Gasteiger partial charge is 0.254 e. The second-order valence-electron chi connectivity index (χ2n) is 5.22. The van der Waals surface area contributed by atoms with Crippen molar-refractivity contribution in [3.63, 3.8) is 0 Å². The molecular weight excluding hydrogens is 240 g/mol. The van der Waals surface area contributed by atoms with E-state index in [1.807, 2.05) is 23.1 Å². The quantitative estimate of drug-likeness (QED) is 0.826. The molecule has 1 aromatic rings. The average molecular weight is 260 g/mol. The summed E-state index contributed by atoms with van der Waals surface area (Å²) >= 11 is 0. The number of ether oxygens (including phenoxy) is 1. The number of benzene rings is 1. The lowest BCUT2D eigenvalue weighted by Crippen LogP contribution is -2.42. The Morgan fingerprint density at radius 1 is 1.21 bits per heavy atom. The highest BCUT2D eigenvalue weighted by molar-refractivity contribution is 5.99. The van der Waals surface area contributed by atoms with Gasteiger partial charge in [-0.2, -0.15) is 0 Å². The summed E-state index contributed by atoms with van der Waals surface area (Å²) in [4.78, 5) is 16.7. The van der Waals surface area contributed by atoms with Gasteiger partial charge in [-0.25, -0.2) is 0 Å². The molecule has 0 saturated carbocycles. The first-order valence-corrected chi connectivity index (χ1v) is 6.97. The van der Waals surface area contributed by atoms with Crippen molar-refractivity contribution in [1.29, 1.82) is 0 Å². The molecule has 0 N–H and O–H groups in total. The van der Waals surface area contributed by atoms with Crippen molar-refractivity contribution < 1.29 is 9.53 Å². The number of hydrogen-bond donors (Lipinski definition) is 0. The molecule has 0 spiro atoms. The number of carbonyl (C=O) groups excluding carboxylic acids is 1. The van der Waals surface area contributed by atoms with Crippen LogP contribution < -0.4 is 0 Å². The summed E-state index contributed by atoms with van der Waals surface area (Å²) in [5.74, 6) is 0.177. The van der Waals surface area contributed by atoms with E-state index in [0.29, 0.717) is 0 Å². The molecule has 2 aliphatic rings. The number of fused-ring (bicyclic) bond motifs is 1. The molecule has 1 saturated heterocycles. The zero-order valence-electron chi connectivity index (χ0n) is 11.3. The number of hydrogen-bond acceptors (Lipinski definition) is 3. The second-order valence-corrected chi connectivity index (χ2v) is 5.22. The Labute approximate surface area is 113 Å². The lowest BCUT2D eigenvalue weighted by atomic mass is 10.1. The van der Waals surface area contributed by atoms with E-state index in [9.17, 15) is 4.79 Å². The van der Waals surface area contributed by atoms with E-state index in [4.69, 9.17) is 4.74 Å². The van der Waals surface area contributed by atoms with E-state index >= 15 is 0 Å². The lowest BCUT2D eigenvalue weighted by molar-refractivity contribution is 0.0312. The Morgan fingerprint density at radius 2 is 1.95 bits per heavy atom. The van der Waals surface area contributed by atoms with Crippen molar-refractivity contribution in [2.45, 2.75) is 13.0 Å². The van der Waals surface area contributed by atoms with Gasteiger partial charge < -0.3 is 9.64 Å². The molecule has 1 atom stereocenters. The van der Waals surface area contributed by atoms with Crippen LogP contribution in [-0.4, -0.2) is 55.1 Å². The van der Waals surface area contributed by atoms with Crippen LogP contribution in [0.2, 0.25) is 0 Å². The maximum absolute atomic E-state index is 12.4. The van der Waals surface area contributed by atoms with E-state index in [-0.39, 0.29) is 11.9 Å². The Morgan fingerprint density at radius 3 is 2.68 bits per heavy atom. The van der Waals surface area contributed by atoms with Gasteiger partial charge in [0.25, 0.3) is 5.91 Å². The number of nitrogens with zero attached hydrogens (tertiary/aromatic N) is 2. The molecule has 19 heavy (non-hydrogen) atoms. The van der Waals surface area contributed by atoms with Crippen LogP contribution in [0, 0.1) is 0 Å². The summed E-state index contributed by atoms with van der Waals surface area (Å²) in [6.07, 6.45) is 0. The molecular formula is C15H20N2O2. The van der Waals surface area contributed by atoms with Gasteiger partial charge in [0.05, 0.1) is 19.3 Å². The maximum atomic E-state index is 12.4. The minimum absolute atomic E-state index is 0.177. The average Bonchev–Trinajstić information content (AvgIpc) is 2.71. The zero-order chi connectivity index (χ0) is 13.2. The molecule has 4 nitrogen and oxygen atoms in total. The molecule has 2 heterocycles. The van der Waals surface area contributed by atoms with Crippen LogP contribution in [0.5, 0.6) is 0 Å². The summed E-state index contributed by atoms with van der Waals surface area (Å²) in [5.41, 5.74) is 2.03. The van der Waals surface area contributed by atoms with Gasteiger partial charge in [-0.3, -0.25) is 9.69 Å². The number of carbonyl (C=O) groups is 1. The highest BCUT2D eigenvalue weighted by atomic mass is 16.5. The van der Waals surface area contributed by atoms with Crippen molar-refractivity contribution >= 4 is 5.91 Å². The Hall–Kier alpha value is -1.39. The van der Waals surface area contributed by atoms with Crippen LogP contribution in [-0.2, 0) is 4.74 Å². The fourth-order valence-electron chi connectivity index (χ4n) is 2.92. The summed E-state index contributed by atoms with van der Waals surface area (Å²) < 4.78 is 5.34. The van der Waals surface area contributed by atoms with Crippen LogP contribution in [0.3, 0.4) is 0 Å². The number of amides is 1. The molecule has 0 aromatic heterocycles. The molecule has 3 rings (SSSR count). The van der Waals surface area contributed by atoms with Gasteiger partial charge in [0.15, 0.2) is 0 Å². The first kappa shape index (κ1) is 12.6. The second kappa shape index (κ2) is 5.31. The topological polar surface area (TPSA) is 32.8 Å². The number of morpholine rings is 1. The van der Waals surface area contributed by atoms with Crippen LogP contribution >= 0.6 is 0 Å². The van der Waals surface area contributed by atoms with Gasteiger partial charge in [0.2, 0.25) is 0 Å². The van der Waals surface area contributed by atoms with Crippen molar-refractivity contribution in [3.8, 4) is 0 Å². The van der Waals surface area contributed by atoms with Crippen LogP contribution in [0.4, 0.5) is 0 Å². The van der Waals surface area contributed by atoms with Crippen LogP contribution in [0.25, 0.3) is 0 Å². The van der Waals surface area contributed by atoms with Gasteiger partial charge in [-0.1, -0.05) is 18.2 Å². The first-order valence-electron chi connectivity index (χ1n) is 6.97. The maximum Gasteiger partial charge on any atom is 0.254 e. The molecule has 1 unspecified atom stereocenters. The summed E-state index contributed by atoms with van der Waals surface area (Å²) in [6.45, 7) is 7.42. The van der Waals surface area contributed by atoms with Crippen molar-refractivity contribution in [2.24, 2.45) is 0 Å². The third-order valence-corrected chi connectivity index (χ3v) is 4.13. The highest BCUT2D eigenvalue weighted by Gasteiger charge is 2.33. The van der Waals surface area contributed by atoms with Gasteiger partial charge in [-0.05, 0) is 18.6 Å². The molecule has 0 bridgehead atoms. The Balaban J connectivity index is 1.65. The van der Waals surface area contributed by atoms with Gasteiger partial charge in [0.1, 0.15) is 0 Å². The highest BCUT2D eigenvalue weighted by Crippen LogP contribution is 2.32. The standard InChI is InChI=1S/C15H20N2O2/c1-12-13-4-2-3-5-14(13)15(18)17(12)7-6-16-8-10-19-11-9-16/h2-5,12H,6-11H2,1H3. The van der Waals surface area contributed by atoms with Crippen LogP contribution in [0.15, 0.2) is 24.3 Å². The number of rotatable bonds is 3. The fraction of sp³-hybridized carbons (Fsp3) is 0.533. The lowest BCUT2D eigenvalue weighted by Gasteiger charge is -2.30. The van der Waals surface area contributed by atoms with Gasteiger partial charge in [-0.15, -0.1) is 0 Å². The molecule has 1 aromatic carbocycles. The van der Waals surface area contributed by atoms with E-state index in [1.165, 1.54) is 0 Å². The van der Waals surface area contributed by atoms with Gasteiger partial charge in [0, 0.05) is 31.7 Å². The largest absolute Gasteiger partial charge is 0.379 e. The molecule has 2 aliphatic heterocycles. The van der Waals surface area contributed by atoms with E-state index in [0.717, 1.165) is 50.5 Å². The summed E-state index contributed by atoms with van der Waals surface area (Å²) in [6, 6.07) is 8.14. The fourth-order valence-corrected chi connectivity index (χ4v) is 2.92. The molecule has 102 valence electrons. The third kappa shape index (κ3) is 2.38. The molecule has 4 heteroatoms. The summed E-state index contributed by atoms with van der Waals surface area (Å²) in [7, 11) is 0. The summed E-state index contributed by atoms with van der Waals surface area (Å²) in [5, 5.41) is 0. The first-order chi connectivity index (χ1) is 9.27. The minimum Gasteiger partial charge on any atom is -0.379 e. The van der Waals surface area contributed by atoms with Crippen molar-refractivity contribution in [1.82, 2.24) is 9.80 Å². The zero-order valence-corrected chi connectivity index (χ0v) is 11.3. The van der Waals surface area contributed by atoms with Gasteiger partial charge >= 0.3 is 0 Å². The normalized spacial score (nSPS) is 23.7. The molecule has 0 aliphatic carbocycles. The van der Waals surface area contributed by atoms with E-state index in [1.54, 1.807) is 0 Å². The molecule has 0 radical (unpaired) electrons. The SMILES string of the molecule is CC1c2ccccc2C(=O)N1CCN1CCOCC1. The Bertz CT molecular complexity index is 469.